The van der Waals surface area contributed by atoms with E-state index in [1.807, 2.05) is 24.4 Å². The molecule has 8 heteroatoms. The molecule has 7 nitrogen and oxygen atoms in total. The normalized spacial score (nSPS) is 15.7. The van der Waals surface area contributed by atoms with E-state index < -0.39 is 10.0 Å². The molecule has 1 aliphatic rings. The van der Waals surface area contributed by atoms with Gasteiger partial charge in [0.1, 0.15) is 5.75 Å². The summed E-state index contributed by atoms with van der Waals surface area (Å²) < 4.78 is 33.8. The van der Waals surface area contributed by atoms with Crippen LogP contribution in [-0.4, -0.2) is 75.6 Å². The molecule has 0 atom stereocenters. The number of hydrogen-bond acceptors (Lipinski definition) is 5. The molecule has 0 aliphatic carbocycles. The highest BCUT2D eigenvalue weighted by molar-refractivity contribution is 7.89. The molecule has 0 saturated carbocycles. The minimum atomic E-state index is -3.53. The number of hydrogen-bond donors (Lipinski definition) is 2. The molecule has 1 saturated heterocycles. The van der Waals surface area contributed by atoms with Crippen LogP contribution in [0.3, 0.4) is 0 Å². The van der Waals surface area contributed by atoms with Gasteiger partial charge in [-0.3, -0.25) is 0 Å². The number of fused-ring (bicyclic) bond motifs is 1. The minimum Gasteiger partial charge on any atom is -0.494 e. The SMILES string of the molecule is CCN1CCN(CCCOc2ccc(S(=O)(=O)NCCCc3c[nH]c4ccccc34)cc2)CC1. The van der Waals surface area contributed by atoms with E-state index in [2.05, 4.69) is 32.5 Å². The fourth-order valence-electron chi connectivity index (χ4n) is 4.43. The van der Waals surface area contributed by atoms with E-state index in [9.17, 15) is 8.42 Å². The number of likely N-dealkylation sites (N-methyl/N-ethyl adjacent to an activating group) is 1. The number of nitrogens with one attached hydrogen (secondary N) is 2. The number of aromatic amines is 1. The third-order valence-corrected chi connectivity index (χ3v) is 8.00. The van der Waals surface area contributed by atoms with Gasteiger partial charge >= 0.3 is 0 Å². The lowest BCUT2D eigenvalue weighted by molar-refractivity contribution is 0.130. The van der Waals surface area contributed by atoms with Crippen molar-refractivity contribution in [1.82, 2.24) is 19.5 Å². The lowest BCUT2D eigenvalue weighted by Gasteiger charge is -2.33. The average Bonchev–Trinajstić information content (AvgIpc) is 3.28. The molecule has 4 rings (SSSR count). The van der Waals surface area contributed by atoms with E-state index in [4.69, 9.17) is 4.74 Å². The molecular weight excluding hydrogens is 448 g/mol. The van der Waals surface area contributed by atoms with Gasteiger partial charge in [-0.25, -0.2) is 13.1 Å². The van der Waals surface area contributed by atoms with Gasteiger partial charge < -0.3 is 19.5 Å². The van der Waals surface area contributed by atoms with Crippen molar-refractivity contribution in [3.05, 3.63) is 60.3 Å². The summed E-state index contributed by atoms with van der Waals surface area (Å²) in [5.41, 5.74) is 2.31. The number of rotatable bonds is 12. The van der Waals surface area contributed by atoms with E-state index >= 15 is 0 Å². The molecular formula is C26H36N4O3S. The first-order valence-electron chi connectivity index (χ1n) is 12.3. The van der Waals surface area contributed by atoms with Gasteiger partial charge in [-0.2, -0.15) is 0 Å². The van der Waals surface area contributed by atoms with Gasteiger partial charge in [-0.15, -0.1) is 0 Å². The monoisotopic (exact) mass is 484 g/mol. The van der Waals surface area contributed by atoms with Gasteiger partial charge in [-0.05, 0) is 61.7 Å². The van der Waals surface area contributed by atoms with E-state index in [1.165, 1.54) is 10.9 Å². The van der Waals surface area contributed by atoms with E-state index in [-0.39, 0.29) is 4.90 Å². The van der Waals surface area contributed by atoms with Crippen LogP contribution in [0.2, 0.25) is 0 Å². The summed E-state index contributed by atoms with van der Waals surface area (Å²) in [6.07, 6.45) is 4.51. The second-order valence-corrected chi connectivity index (χ2v) is 10.6. The first kappa shape index (κ1) is 24.7. The number of ether oxygens (including phenoxy) is 1. The Balaban J connectivity index is 1.16. The summed E-state index contributed by atoms with van der Waals surface area (Å²) in [5, 5.41) is 1.19. The Morgan fingerprint density at radius 2 is 1.71 bits per heavy atom. The number of piperazine rings is 1. The van der Waals surface area contributed by atoms with Crippen LogP contribution in [0.5, 0.6) is 5.75 Å². The third kappa shape index (κ3) is 6.60. The largest absolute Gasteiger partial charge is 0.494 e. The van der Waals surface area contributed by atoms with Crippen molar-refractivity contribution in [2.75, 3.05) is 52.4 Å². The second-order valence-electron chi connectivity index (χ2n) is 8.81. The zero-order chi connectivity index (χ0) is 23.8. The van der Waals surface area contributed by atoms with Gasteiger partial charge in [0.15, 0.2) is 0 Å². The van der Waals surface area contributed by atoms with Crippen molar-refractivity contribution in [2.24, 2.45) is 0 Å². The van der Waals surface area contributed by atoms with Crippen LogP contribution in [-0.2, 0) is 16.4 Å². The topological polar surface area (TPSA) is 77.7 Å². The lowest BCUT2D eigenvalue weighted by atomic mass is 10.1. The highest BCUT2D eigenvalue weighted by Crippen LogP contribution is 2.19. The summed E-state index contributed by atoms with van der Waals surface area (Å²) in [6.45, 7) is 9.93. The summed E-state index contributed by atoms with van der Waals surface area (Å²) in [4.78, 5) is 8.48. The van der Waals surface area contributed by atoms with Crippen molar-refractivity contribution >= 4 is 20.9 Å². The van der Waals surface area contributed by atoms with Crippen LogP contribution < -0.4 is 9.46 Å². The fraction of sp³-hybridized carbons (Fsp3) is 0.462. The maximum Gasteiger partial charge on any atom is 0.240 e. The Bertz CT molecular complexity index is 1140. The predicted molar refractivity (Wildman–Crippen MR) is 137 cm³/mol. The van der Waals surface area contributed by atoms with Crippen molar-refractivity contribution in [1.29, 1.82) is 0 Å². The first-order valence-corrected chi connectivity index (χ1v) is 13.8. The Labute approximate surface area is 203 Å². The van der Waals surface area contributed by atoms with Gasteiger partial charge in [0.05, 0.1) is 11.5 Å². The highest BCUT2D eigenvalue weighted by Gasteiger charge is 2.15. The number of sulfonamides is 1. The Morgan fingerprint density at radius 1 is 0.971 bits per heavy atom. The molecule has 1 aliphatic heterocycles. The molecule has 1 fully saturated rings. The van der Waals surface area contributed by atoms with E-state index in [0.717, 1.165) is 64.0 Å². The fourth-order valence-corrected chi connectivity index (χ4v) is 5.50. The minimum absolute atomic E-state index is 0.265. The lowest BCUT2D eigenvalue weighted by Crippen LogP contribution is -2.46. The third-order valence-electron chi connectivity index (χ3n) is 6.52. The molecule has 34 heavy (non-hydrogen) atoms. The predicted octanol–water partition coefficient (Wildman–Crippen LogP) is 3.49. The Hall–Kier alpha value is -2.39. The Kier molecular flexibility index (Phi) is 8.61. The van der Waals surface area contributed by atoms with Crippen molar-refractivity contribution in [2.45, 2.75) is 31.1 Å². The standard InChI is InChI=1S/C26H36N4O3S/c1-2-29-16-18-30(19-17-29)15-6-20-33-23-10-12-24(13-11-23)34(31,32)28-14-5-7-22-21-27-26-9-4-3-8-25(22)26/h3-4,8-13,21,27-28H,2,5-7,14-20H2,1H3. The molecule has 0 spiro atoms. The molecule has 0 unspecified atom stereocenters. The maximum absolute atomic E-state index is 12.6. The molecule has 184 valence electrons. The van der Waals surface area contributed by atoms with Crippen molar-refractivity contribution in [3.63, 3.8) is 0 Å². The van der Waals surface area contributed by atoms with Gasteiger partial charge in [-0.1, -0.05) is 25.1 Å². The molecule has 0 radical (unpaired) electrons. The van der Waals surface area contributed by atoms with Crippen LogP contribution in [0.25, 0.3) is 10.9 Å². The molecule has 1 aromatic heterocycles. The summed E-state index contributed by atoms with van der Waals surface area (Å²) >= 11 is 0. The van der Waals surface area contributed by atoms with Crippen LogP contribution in [0.15, 0.2) is 59.6 Å². The number of nitrogens with zero attached hydrogens (tertiary/aromatic N) is 2. The first-order chi connectivity index (χ1) is 16.5. The molecule has 2 aromatic carbocycles. The van der Waals surface area contributed by atoms with Crippen LogP contribution in [0, 0.1) is 0 Å². The number of para-hydroxylation sites is 1. The zero-order valence-electron chi connectivity index (χ0n) is 20.0. The van der Waals surface area contributed by atoms with Crippen molar-refractivity contribution < 1.29 is 13.2 Å². The summed E-state index contributed by atoms with van der Waals surface area (Å²) in [7, 11) is -3.53. The number of H-pyrrole nitrogens is 1. The second kappa shape index (κ2) is 11.8. The molecule has 2 heterocycles. The van der Waals surface area contributed by atoms with Gasteiger partial charge in [0, 0.05) is 56.4 Å². The maximum atomic E-state index is 12.6. The van der Waals surface area contributed by atoms with Gasteiger partial charge in [0.25, 0.3) is 0 Å². The smallest absolute Gasteiger partial charge is 0.240 e. The summed E-state index contributed by atoms with van der Waals surface area (Å²) in [5.74, 6) is 0.703. The van der Waals surface area contributed by atoms with Gasteiger partial charge in [0.2, 0.25) is 10.0 Å². The number of aromatic nitrogens is 1. The average molecular weight is 485 g/mol. The molecule has 0 bridgehead atoms. The summed E-state index contributed by atoms with van der Waals surface area (Å²) in [6, 6.07) is 14.8. The number of benzene rings is 2. The molecule has 2 N–H and O–H groups in total. The number of aryl methyl sites for hydroxylation is 1. The molecule has 3 aromatic rings. The zero-order valence-corrected chi connectivity index (χ0v) is 20.8. The highest BCUT2D eigenvalue weighted by atomic mass is 32.2. The van der Waals surface area contributed by atoms with E-state index in [0.29, 0.717) is 18.9 Å². The van der Waals surface area contributed by atoms with E-state index in [1.54, 1.807) is 24.3 Å². The van der Waals surface area contributed by atoms with Crippen LogP contribution in [0.1, 0.15) is 25.3 Å². The molecule has 0 amide bonds. The quantitative estimate of drug-likeness (QED) is 0.385. The van der Waals surface area contributed by atoms with Crippen LogP contribution >= 0.6 is 0 Å². The Morgan fingerprint density at radius 3 is 2.47 bits per heavy atom. The van der Waals surface area contributed by atoms with Crippen LogP contribution in [0.4, 0.5) is 0 Å². The van der Waals surface area contributed by atoms with Crippen molar-refractivity contribution in [3.8, 4) is 5.75 Å².